The maximum absolute atomic E-state index is 12.4. The fourth-order valence-corrected chi connectivity index (χ4v) is 4.17. The van der Waals surface area contributed by atoms with Crippen molar-refractivity contribution in [1.82, 2.24) is 4.72 Å². The van der Waals surface area contributed by atoms with Crippen LogP contribution in [0.25, 0.3) is 0 Å². The van der Waals surface area contributed by atoms with E-state index >= 15 is 0 Å². The molecule has 1 aromatic carbocycles. The summed E-state index contributed by atoms with van der Waals surface area (Å²) in [4.78, 5) is 0.321. The Kier molecular flexibility index (Phi) is 6.13. The van der Waals surface area contributed by atoms with Gasteiger partial charge in [0.1, 0.15) is 5.75 Å². The number of rotatable bonds is 6. The molecule has 0 aliphatic heterocycles. The summed E-state index contributed by atoms with van der Waals surface area (Å²) < 4.78 is 32.7. The van der Waals surface area contributed by atoms with Gasteiger partial charge in [-0.25, -0.2) is 13.1 Å². The molecule has 0 saturated heterocycles. The summed E-state index contributed by atoms with van der Waals surface area (Å²) >= 11 is 1.74. The molecule has 0 unspecified atom stereocenters. The Hall–Kier alpha value is -0.720. The molecule has 0 spiro atoms. The van der Waals surface area contributed by atoms with E-state index in [1.54, 1.807) is 37.9 Å². The van der Waals surface area contributed by atoms with Crippen LogP contribution in [0.4, 0.5) is 0 Å². The maximum Gasteiger partial charge on any atom is 0.240 e. The standard InChI is InChI=1S/C15H25NO3S2/c1-11-10-14(12(2)9-13(11)19-6)21(17,18)16-7-8-20-15(3,4)5/h9-10,16H,7-8H2,1-6H3. The molecule has 1 N–H and O–H groups in total. The molecule has 0 saturated carbocycles. The van der Waals surface area contributed by atoms with Crippen molar-refractivity contribution in [2.24, 2.45) is 0 Å². The molecule has 0 aliphatic rings. The number of benzene rings is 1. The van der Waals surface area contributed by atoms with Gasteiger partial charge in [-0.15, -0.1) is 0 Å². The molecule has 1 aromatic rings. The van der Waals surface area contributed by atoms with Crippen molar-refractivity contribution in [3.8, 4) is 5.75 Å². The molecule has 0 fully saturated rings. The smallest absolute Gasteiger partial charge is 0.240 e. The van der Waals surface area contributed by atoms with Gasteiger partial charge < -0.3 is 4.74 Å². The van der Waals surface area contributed by atoms with Crippen LogP contribution in [0.2, 0.25) is 0 Å². The van der Waals surface area contributed by atoms with Crippen LogP contribution in [-0.4, -0.2) is 32.6 Å². The van der Waals surface area contributed by atoms with Crippen LogP contribution in [0.15, 0.2) is 17.0 Å². The molecule has 21 heavy (non-hydrogen) atoms. The summed E-state index contributed by atoms with van der Waals surface area (Å²) in [5.41, 5.74) is 1.50. The highest BCUT2D eigenvalue weighted by Gasteiger charge is 2.19. The average molecular weight is 332 g/mol. The summed E-state index contributed by atoms with van der Waals surface area (Å²) in [6.45, 7) is 10.4. The molecule has 1 rings (SSSR count). The third-order valence-corrected chi connectivity index (χ3v) is 5.79. The number of hydrogen-bond acceptors (Lipinski definition) is 4. The highest BCUT2D eigenvalue weighted by Crippen LogP contribution is 2.26. The van der Waals surface area contributed by atoms with E-state index in [2.05, 4.69) is 25.5 Å². The minimum atomic E-state index is -3.48. The molecule has 0 radical (unpaired) electrons. The molecular formula is C15H25NO3S2. The predicted octanol–water partition coefficient (Wildman–Crippen LogP) is 3.12. The zero-order valence-corrected chi connectivity index (χ0v) is 15.2. The van der Waals surface area contributed by atoms with Gasteiger partial charge in [-0.05, 0) is 37.1 Å². The van der Waals surface area contributed by atoms with Gasteiger partial charge in [0.05, 0.1) is 12.0 Å². The van der Waals surface area contributed by atoms with Crippen molar-refractivity contribution in [3.63, 3.8) is 0 Å². The minimum Gasteiger partial charge on any atom is -0.496 e. The lowest BCUT2D eigenvalue weighted by Crippen LogP contribution is -2.27. The number of hydrogen-bond donors (Lipinski definition) is 1. The summed E-state index contributed by atoms with van der Waals surface area (Å²) in [6.07, 6.45) is 0. The van der Waals surface area contributed by atoms with Gasteiger partial charge in [-0.2, -0.15) is 11.8 Å². The highest BCUT2D eigenvalue weighted by atomic mass is 32.2. The first-order chi connectivity index (χ1) is 9.57. The van der Waals surface area contributed by atoms with E-state index in [0.29, 0.717) is 22.8 Å². The lowest BCUT2D eigenvalue weighted by atomic mass is 10.1. The first-order valence-electron chi connectivity index (χ1n) is 6.86. The molecule has 0 aromatic heterocycles. The lowest BCUT2D eigenvalue weighted by Gasteiger charge is -2.18. The van der Waals surface area contributed by atoms with Gasteiger partial charge in [0.25, 0.3) is 0 Å². The Morgan fingerprint density at radius 1 is 1.19 bits per heavy atom. The van der Waals surface area contributed by atoms with Crippen molar-refractivity contribution in [2.45, 2.75) is 44.3 Å². The predicted molar refractivity (Wildman–Crippen MR) is 89.9 cm³/mol. The van der Waals surface area contributed by atoms with Gasteiger partial charge in [-0.3, -0.25) is 0 Å². The minimum absolute atomic E-state index is 0.137. The number of thioether (sulfide) groups is 1. The largest absolute Gasteiger partial charge is 0.496 e. The van der Waals surface area contributed by atoms with Crippen molar-refractivity contribution in [2.75, 3.05) is 19.4 Å². The van der Waals surface area contributed by atoms with Crippen molar-refractivity contribution in [3.05, 3.63) is 23.3 Å². The van der Waals surface area contributed by atoms with Gasteiger partial charge in [0, 0.05) is 17.0 Å². The number of aryl methyl sites for hydroxylation is 2. The second kappa shape index (κ2) is 7.03. The van der Waals surface area contributed by atoms with Crippen LogP contribution >= 0.6 is 11.8 Å². The van der Waals surface area contributed by atoms with Crippen LogP contribution in [0.5, 0.6) is 5.75 Å². The summed E-state index contributed by atoms with van der Waals surface area (Å²) in [5, 5.41) is 0. The Labute approximate surface area is 132 Å². The number of nitrogens with one attached hydrogen (secondary N) is 1. The van der Waals surface area contributed by atoms with E-state index in [1.807, 2.05) is 6.92 Å². The Balaban J connectivity index is 2.82. The molecule has 0 amide bonds. The van der Waals surface area contributed by atoms with Gasteiger partial charge in [-0.1, -0.05) is 20.8 Å². The van der Waals surface area contributed by atoms with Crippen molar-refractivity contribution in [1.29, 1.82) is 0 Å². The van der Waals surface area contributed by atoms with Gasteiger partial charge in [0.2, 0.25) is 10.0 Å². The molecule has 0 heterocycles. The molecular weight excluding hydrogens is 306 g/mol. The average Bonchev–Trinajstić information content (AvgIpc) is 2.35. The summed E-state index contributed by atoms with van der Waals surface area (Å²) in [5.74, 6) is 1.45. The third-order valence-electron chi connectivity index (χ3n) is 2.91. The number of methoxy groups -OCH3 is 1. The van der Waals surface area contributed by atoms with Gasteiger partial charge in [0.15, 0.2) is 0 Å². The molecule has 6 heteroatoms. The van der Waals surface area contributed by atoms with E-state index in [9.17, 15) is 8.42 Å². The van der Waals surface area contributed by atoms with Gasteiger partial charge >= 0.3 is 0 Å². The SMILES string of the molecule is COc1cc(C)c(S(=O)(=O)NCCSC(C)(C)C)cc1C. The first-order valence-corrected chi connectivity index (χ1v) is 9.32. The molecule has 0 aliphatic carbocycles. The van der Waals surface area contributed by atoms with Crippen LogP contribution in [0.1, 0.15) is 31.9 Å². The second-order valence-electron chi connectivity index (χ2n) is 5.95. The van der Waals surface area contributed by atoms with E-state index in [0.717, 1.165) is 11.3 Å². The summed E-state index contributed by atoms with van der Waals surface area (Å²) in [7, 11) is -1.89. The second-order valence-corrected chi connectivity index (χ2v) is 9.60. The zero-order chi connectivity index (χ0) is 16.3. The first kappa shape index (κ1) is 18.3. The summed E-state index contributed by atoms with van der Waals surface area (Å²) in [6, 6.07) is 3.42. The Morgan fingerprint density at radius 2 is 1.81 bits per heavy atom. The lowest BCUT2D eigenvalue weighted by molar-refractivity contribution is 0.411. The fraction of sp³-hybridized carbons (Fsp3) is 0.600. The fourth-order valence-electron chi connectivity index (χ4n) is 1.88. The topological polar surface area (TPSA) is 55.4 Å². The monoisotopic (exact) mass is 331 g/mol. The van der Waals surface area contributed by atoms with Crippen LogP contribution in [0.3, 0.4) is 0 Å². The Bertz CT molecular complexity index is 590. The Morgan fingerprint density at radius 3 is 2.33 bits per heavy atom. The van der Waals surface area contributed by atoms with Crippen molar-refractivity contribution < 1.29 is 13.2 Å². The van der Waals surface area contributed by atoms with E-state index in [1.165, 1.54) is 0 Å². The van der Waals surface area contributed by atoms with E-state index < -0.39 is 10.0 Å². The van der Waals surface area contributed by atoms with E-state index in [-0.39, 0.29) is 4.75 Å². The normalized spacial score (nSPS) is 12.5. The highest BCUT2D eigenvalue weighted by molar-refractivity contribution is 8.00. The van der Waals surface area contributed by atoms with Crippen molar-refractivity contribution >= 4 is 21.8 Å². The van der Waals surface area contributed by atoms with Crippen LogP contribution in [-0.2, 0) is 10.0 Å². The van der Waals surface area contributed by atoms with Crippen LogP contribution < -0.4 is 9.46 Å². The number of sulfonamides is 1. The molecule has 0 atom stereocenters. The molecule has 120 valence electrons. The zero-order valence-electron chi connectivity index (χ0n) is 13.6. The number of ether oxygens (including phenoxy) is 1. The molecule has 4 nitrogen and oxygen atoms in total. The van der Waals surface area contributed by atoms with Crippen LogP contribution in [0, 0.1) is 13.8 Å². The quantitative estimate of drug-likeness (QED) is 0.814. The molecule has 0 bridgehead atoms. The van der Waals surface area contributed by atoms with E-state index in [4.69, 9.17) is 4.74 Å². The maximum atomic E-state index is 12.4. The third kappa shape index (κ3) is 5.52.